The van der Waals surface area contributed by atoms with Gasteiger partial charge in [-0.05, 0) is 48.5 Å². The van der Waals surface area contributed by atoms with Crippen molar-refractivity contribution in [3.8, 4) is 17.1 Å². The smallest absolute Gasteiger partial charge is 0.188 e. The molecule has 4 rings (SSSR count). The maximum atomic E-state index is 14.1. The number of aliphatic hydroxyl groups excluding tert-OH is 1. The lowest BCUT2D eigenvalue weighted by Gasteiger charge is -2.13. The van der Waals surface area contributed by atoms with Gasteiger partial charge in [-0.1, -0.05) is 12.1 Å². The SMILES string of the molecule is OC(CNc1ccc2nnc(-c3ccccc3F)n2n1)COc1ccc(F)cc1. The van der Waals surface area contributed by atoms with Crippen LogP contribution in [0.15, 0.2) is 60.7 Å². The number of hydrogen-bond acceptors (Lipinski definition) is 6. The van der Waals surface area contributed by atoms with E-state index in [4.69, 9.17) is 4.74 Å². The normalized spacial score (nSPS) is 12.1. The molecular formula is C20H17F2N5O2. The lowest BCUT2D eigenvalue weighted by atomic mass is 10.2. The maximum Gasteiger partial charge on any atom is 0.188 e. The summed E-state index contributed by atoms with van der Waals surface area (Å²) in [6.07, 6.45) is -0.829. The Morgan fingerprint density at radius 2 is 1.79 bits per heavy atom. The molecule has 9 heteroatoms. The van der Waals surface area contributed by atoms with Crippen LogP contribution in [0.25, 0.3) is 17.0 Å². The van der Waals surface area contributed by atoms with E-state index in [1.807, 2.05) is 0 Å². The van der Waals surface area contributed by atoms with Gasteiger partial charge in [0.1, 0.15) is 35.9 Å². The van der Waals surface area contributed by atoms with Gasteiger partial charge < -0.3 is 15.2 Å². The second-order valence-corrected chi connectivity index (χ2v) is 6.29. The predicted octanol–water partition coefficient (Wildman–Crippen LogP) is 2.92. The topological polar surface area (TPSA) is 84.6 Å². The molecule has 0 saturated heterocycles. The highest BCUT2D eigenvalue weighted by Crippen LogP contribution is 2.21. The van der Waals surface area contributed by atoms with Crippen molar-refractivity contribution in [3.63, 3.8) is 0 Å². The van der Waals surface area contributed by atoms with Crippen LogP contribution in [0.2, 0.25) is 0 Å². The van der Waals surface area contributed by atoms with E-state index in [0.29, 0.717) is 17.2 Å². The Morgan fingerprint density at radius 3 is 2.59 bits per heavy atom. The van der Waals surface area contributed by atoms with Crippen LogP contribution in [0.1, 0.15) is 0 Å². The number of nitrogens with zero attached hydrogens (tertiary/aromatic N) is 4. The molecule has 4 aromatic rings. The van der Waals surface area contributed by atoms with Crippen molar-refractivity contribution in [2.24, 2.45) is 0 Å². The fourth-order valence-corrected chi connectivity index (χ4v) is 2.70. The van der Waals surface area contributed by atoms with Gasteiger partial charge in [0.2, 0.25) is 0 Å². The van der Waals surface area contributed by atoms with E-state index in [1.165, 1.54) is 34.8 Å². The molecule has 0 aliphatic carbocycles. The highest BCUT2D eigenvalue weighted by atomic mass is 19.1. The summed E-state index contributed by atoms with van der Waals surface area (Å²) >= 11 is 0. The predicted molar refractivity (Wildman–Crippen MR) is 103 cm³/mol. The summed E-state index contributed by atoms with van der Waals surface area (Å²) in [5.74, 6) is 0.418. The molecule has 148 valence electrons. The van der Waals surface area contributed by atoms with Crippen molar-refractivity contribution < 1.29 is 18.6 Å². The molecule has 2 N–H and O–H groups in total. The maximum absolute atomic E-state index is 14.1. The van der Waals surface area contributed by atoms with E-state index in [9.17, 15) is 13.9 Å². The molecule has 7 nitrogen and oxygen atoms in total. The minimum atomic E-state index is -0.829. The Balaban J connectivity index is 1.42. The number of benzene rings is 2. The standard InChI is InChI=1S/C20H17F2N5O2/c21-13-5-7-15(8-6-13)29-12-14(28)11-23-18-9-10-19-24-25-20(27(19)26-18)16-3-1-2-4-17(16)22/h1-10,14,28H,11-12H2,(H,23,26). The summed E-state index contributed by atoms with van der Waals surface area (Å²) in [7, 11) is 0. The monoisotopic (exact) mass is 397 g/mol. The minimum absolute atomic E-state index is 0.0218. The van der Waals surface area contributed by atoms with Gasteiger partial charge in [0.05, 0.1) is 5.56 Å². The van der Waals surface area contributed by atoms with Gasteiger partial charge in [-0.3, -0.25) is 0 Å². The summed E-state index contributed by atoms with van der Waals surface area (Å²) in [5.41, 5.74) is 0.756. The van der Waals surface area contributed by atoms with Crippen molar-refractivity contribution >= 4 is 11.5 Å². The molecular weight excluding hydrogens is 380 g/mol. The van der Waals surface area contributed by atoms with Gasteiger partial charge in [-0.2, -0.15) is 4.52 Å². The molecule has 2 aromatic heterocycles. The molecule has 0 aliphatic rings. The number of aliphatic hydroxyl groups is 1. The number of fused-ring (bicyclic) bond motifs is 1. The number of aromatic nitrogens is 4. The second-order valence-electron chi connectivity index (χ2n) is 6.29. The zero-order valence-electron chi connectivity index (χ0n) is 15.2. The van der Waals surface area contributed by atoms with Crippen LogP contribution in [-0.2, 0) is 0 Å². The fourth-order valence-electron chi connectivity index (χ4n) is 2.70. The van der Waals surface area contributed by atoms with E-state index in [1.54, 1.807) is 30.3 Å². The molecule has 0 saturated carbocycles. The number of ether oxygens (including phenoxy) is 1. The Bertz CT molecular complexity index is 1120. The first-order valence-electron chi connectivity index (χ1n) is 8.88. The van der Waals surface area contributed by atoms with E-state index in [2.05, 4.69) is 20.6 Å². The Kier molecular flexibility index (Phi) is 5.30. The quantitative estimate of drug-likeness (QED) is 0.499. The molecule has 29 heavy (non-hydrogen) atoms. The number of anilines is 1. The number of halogens is 2. The average Bonchev–Trinajstić information content (AvgIpc) is 3.15. The molecule has 1 unspecified atom stereocenters. The Hall–Kier alpha value is -3.59. The summed E-state index contributed by atoms with van der Waals surface area (Å²) in [5, 5.41) is 25.5. The molecule has 0 fully saturated rings. The van der Waals surface area contributed by atoms with Gasteiger partial charge in [-0.15, -0.1) is 15.3 Å². The van der Waals surface area contributed by atoms with Crippen molar-refractivity contribution in [2.45, 2.75) is 6.10 Å². The van der Waals surface area contributed by atoms with Crippen molar-refractivity contribution in [2.75, 3.05) is 18.5 Å². The highest BCUT2D eigenvalue weighted by Gasteiger charge is 2.14. The van der Waals surface area contributed by atoms with E-state index in [0.717, 1.165) is 0 Å². The number of hydrogen-bond donors (Lipinski definition) is 2. The van der Waals surface area contributed by atoms with Crippen LogP contribution in [0, 0.1) is 11.6 Å². The van der Waals surface area contributed by atoms with Crippen LogP contribution in [0.3, 0.4) is 0 Å². The fraction of sp³-hybridized carbons (Fsp3) is 0.150. The molecule has 2 aromatic carbocycles. The third kappa shape index (κ3) is 4.30. The van der Waals surface area contributed by atoms with E-state index >= 15 is 0 Å². The van der Waals surface area contributed by atoms with Crippen molar-refractivity contribution in [1.82, 2.24) is 19.8 Å². The largest absolute Gasteiger partial charge is 0.491 e. The first-order chi connectivity index (χ1) is 14.1. The summed E-state index contributed by atoms with van der Waals surface area (Å²) in [6.45, 7) is 0.185. The molecule has 0 radical (unpaired) electrons. The average molecular weight is 397 g/mol. The molecule has 0 bridgehead atoms. The third-order valence-corrected chi connectivity index (χ3v) is 4.15. The third-order valence-electron chi connectivity index (χ3n) is 4.15. The summed E-state index contributed by atoms with van der Waals surface area (Å²) in [6, 6.07) is 15.2. The van der Waals surface area contributed by atoms with Crippen molar-refractivity contribution in [1.29, 1.82) is 0 Å². The van der Waals surface area contributed by atoms with E-state index < -0.39 is 11.9 Å². The zero-order valence-corrected chi connectivity index (χ0v) is 15.2. The van der Waals surface area contributed by atoms with Crippen LogP contribution in [0.5, 0.6) is 5.75 Å². The van der Waals surface area contributed by atoms with Gasteiger partial charge >= 0.3 is 0 Å². The highest BCUT2D eigenvalue weighted by molar-refractivity contribution is 5.60. The van der Waals surface area contributed by atoms with Gasteiger partial charge in [0, 0.05) is 6.54 Å². The Morgan fingerprint density at radius 1 is 1.00 bits per heavy atom. The molecule has 2 heterocycles. The molecule has 0 amide bonds. The van der Waals surface area contributed by atoms with E-state index in [-0.39, 0.29) is 30.4 Å². The van der Waals surface area contributed by atoms with Crippen molar-refractivity contribution in [3.05, 3.63) is 72.3 Å². The first-order valence-corrected chi connectivity index (χ1v) is 8.88. The number of nitrogens with one attached hydrogen (secondary N) is 1. The number of rotatable bonds is 7. The van der Waals surface area contributed by atoms with Gasteiger partial charge in [0.15, 0.2) is 11.5 Å². The Labute approximate surface area is 164 Å². The zero-order chi connectivity index (χ0) is 20.2. The summed E-state index contributed by atoms with van der Waals surface area (Å²) in [4.78, 5) is 0. The summed E-state index contributed by atoms with van der Waals surface area (Å²) < 4.78 is 33.8. The van der Waals surface area contributed by atoms with Crippen LogP contribution < -0.4 is 10.1 Å². The van der Waals surface area contributed by atoms with Crippen LogP contribution in [-0.4, -0.2) is 44.2 Å². The van der Waals surface area contributed by atoms with Crippen LogP contribution in [0.4, 0.5) is 14.6 Å². The molecule has 0 spiro atoms. The van der Waals surface area contributed by atoms with Gasteiger partial charge in [0.25, 0.3) is 0 Å². The minimum Gasteiger partial charge on any atom is -0.491 e. The lowest BCUT2D eigenvalue weighted by Crippen LogP contribution is -2.26. The van der Waals surface area contributed by atoms with Crippen LogP contribution >= 0.6 is 0 Å². The molecule has 1 atom stereocenters. The second kappa shape index (κ2) is 8.19. The first kappa shape index (κ1) is 18.8. The van der Waals surface area contributed by atoms with Gasteiger partial charge in [-0.25, -0.2) is 8.78 Å². The molecule has 0 aliphatic heterocycles. The lowest BCUT2D eigenvalue weighted by molar-refractivity contribution is 0.117.